The summed E-state index contributed by atoms with van der Waals surface area (Å²) in [4.78, 5) is 33.6. The van der Waals surface area contributed by atoms with Gasteiger partial charge in [-0.25, -0.2) is 9.80 Å². The van der Waals surface area contributed by atoms with Gasteiger partial charge in [0.1, 0.15) is 6.42 Å². The molecule has 17 heavy (non-hydrogen) atoms. The first kappa shape index (κ1) is 11.1. The van der Waals surface area contributed by atoms with E-state index in [1.807, 2.05) is 0 Å². The lowest BCUT2D eigenvalue weighted by Gasteiger charge is -2.15. The van der Waals surface area contributed by atoms with Crippen molar-refractivity contribution in [1.82, 2.24) is 5.43 Å². The molecule has 1 N–H and O–H groups in total. The van der Waals surface area contributed by atoms with Crippen LogP contribution in [-0.4, -0.2) is 24.9 Å². The minimum absolute atomic E-state index is 0.154. The van der Waals surface area contributed by atoms with E-state index in [0.717, 1.165) is 5.01 Å². The summed E-state index contributed by atoms with van der Waals surface area (Å²) in [5.74, 6) is -1.11. The number of hydrogen-bond donors (Lipinski definition) is 1. The Balaban J connectivity index is 2.21. The van der Waals surface area contributed by atoms with Crippen molar-refractivity contribution in [2.75, 3.05) is 12.1 Å². The van der Waals surface area contributed by atoms with Crippen LogP contribution >= 0.6 is 0 Å². The van der Waals surface area contributed by atoms with E-state index in [1.165, 1.54) is 19.2 Å². The Bertz CT molecular complexity index is 481. The molecule has 88 valence electrons. The van der Waals surface area contributed by atoms with E-state index in [9.17, 15) is 14.4 Å². The fourth-order valence-corrected chi connectivity index (χ4v) is 1.52. The van der Waals surface area contributed by atoms with Gasteiger partial charge in [0.25, 0.3) is 5.91 Å². The molecule has 1 aromatic rings. The number of hydrogen-bond acceptors (Lipinski definition) is 4. The van der Waals surface area contributed by atoms with Crippen LogP contribution in [0.4, 0.5) is 5.69 Å². The average Bonchev–Trinajstić information content (AvgIpc) is 2.68. The number of rotatable bonds is 2. The number of carbonyl (C=O) groups is 3. The molecule has 1 fully saturated rings. The molecule has 1 aliphatic rings. The molecule has 0 aromatic heterocycles. The smallest absolute Gasteiger partial charge is 0.337 e. The topological polar surface area (TPSA) is 75.7 Å². The molecule has 2 rings (SSSR count). The quantitative estimate of drug-likeness (QED) is 0.587. The molecule has 0 spiro atoms. The summed E-state index contributed by atoms with van der Waals surface area (Å²) in [5.41, 5.74) is 3.30. The molecular formula is C11H10N2O4. The highest BCUT2D eigenvalue weighted by atomic mass is 16.5. The summed E-state index contributed by atoms with van der Waals surface area (Å²) in [6.07, 6.45) is -0.154. The number of hydrazine groups is 1. The van der Waals surface area contributed by atoms with Gasteiger partial charge in [-0.1, -0.05) is 0 Å². The summed E-state index contributed by atoms with van der Waals surface area (Å²) >= 11 is 0. The van der Waals surface area contributed by atoms with Crippen LogP contribution in [0.25, 0.3) is 0 Å². The van der Waals surface area contributed by atoms with Gasteiger partial charge in [0.2, 0.25) is 5.91 Å². The van der Waals surface area contributed by atoms with Crippen LogP contribution in [0.1, 0.15) is 16.8 Å². The molecule has 0 bridgehead atoms. The van der Waals surface area contributed by atoms with Gasteiger partial charge in [-0.2, -0.15) is 0 Å². The van der Waals surface area contributed by atoms with E-state index < -0.39 is 5.97 Å². The fraction of sp³-hybridized carbons (Fsp3) is 0.182. The zero-order valence-corrected chi connectivity index (χ0v) is 9.10. The maximum atomic E-state index is 11.4. The van der Waals surface area contributed by atoms with Crippen molar-refractivity contribution in [2.24, 2.45) is 0 Å². The lowest BCUT2D eigenvalue weighted by molar-refractivity contribution is -0.122. The largest absolute Gasteiger partial charge is 0.465 e. The zero-order chi connectivity index (χ0) is 12.4. The van der Waals surface area contributed by atoms with Crippen LogP contribution in [0.2, 0.25) is 0 Å². The maximum Gasteiger partial charge on any atom is 0.337 e. The number of amides is 2. The number of carbonyl (C=O) groups excluding carboxylic acids is 3. The Morgan fingerprint density at radius 3 is 2.41 bits per heavy atom. The first-order valence-corrected chi connectivity index (χ1v) is 4.92. The van der Waals surface area contributed by atoms with E-state index in [1.54, 1.807) is 12.1 Å². The Hall–Kier alpha value is -2.37. The third-order valence-corrected chi connectivity index (χ3v) is 2.34. The molecule has 0 saturated carbocycles. The van der Waals surface area contributed by atoms with Crippen LogP contribution < -0.4 is 10.4 Å². The number of anilines is 1. The Kier molecular flexibility index (Phi) is 2.78. The Morgan fingerprint density at radius 2 is 1.94 bits per heavy atom. The van der Waals surface area contributed by atoms with Crippen molar-refractivity contribution in [2.45, 2.75) is 6.42 Å². The minimum atomic E-state index is -0.451. The molecule has 6 nitrogen and oxygen atoms in total. The number of ether oxygens (including phenoxy) is 1. The van der Waals surface area contributed by atoms with Gasteiger partial charge in [-0.15, -0.1) is 0 Å². The van der Waals surface area contributed by atoms with Crippen molar-refractivity contribution in [1.29, 1.82) is 0 Å². The van der Waals surface area contributed by atoms with Gasteiger partial charge in [0.15, 0.2) is 0 Å². The molecule has 1 aliphatic heterocycles. The van der Waals surface area contributed by atoms with Crippen molar-refractivity contribution in [3.8, 4) is 0 Å². The monoisotopic (exact) mass is 234 g/mol. The predicted octanol–water partition coefficient (Wildman–Crippen LogP) is 0.241. The first-order chi connectivity index (χ1) is 8.11. The second-order valence-electron chi connectivity index (χ2n) is 3.48. The second kappa shape index (κ2) is 4.25. The molecule has 1 aromatic carbocycles. The van der Waals surface area contributed by atoms with Crippen molar-refractivity contribution < 1.29 is 19.1 Å². The summed E-state index contributed by atoms with van der Waals surface area (Å²) in [7, 11) is 1.29. The summed E-state index contributed by atoms with van der Waals surface area (Å²) in [6, 6.07) is 6.18. The maximum absolute atomic E-state index is 11.4. The normalized spacial score (nSPS) is 14.8. The van der Waals surface area contributed by atoms with Crippen molar-refractivity contribution in [3.05, 3.63) is 29.8 Å². The fourth-order valence-electron chi connectivity index (χ4n) is 1.52. The average molecular weight is 234 g/mol. The molecule has 2 amide bonds. The molecule has 0 atom stereocenters. The molecule has 0 aliphatic carbocycles. The van der Waals surface area contributed by atoms with Crippen LogP contribution in [0.3, 0.4) is 0 Å². The van der Waals surface area contributed by atoms with Crippen LogP contribution in [0.5, 0.6) is 0 Å². The van der Waals surface area contributed by atoms with Gasteiger partial charge in [0.05, 0.1) is 18.4 Å². The number of nitrogens with one attached hydrogen (secondary N) is 1. The second-order valence-corrected chi connectivity index (χ2v) is 3.48. The number of methoxy groups -OCH3 is 1. The van der Waals surface area contributed by atoms with Gasteiger partial charge >= 0.3 is 5.97 Å². The SMILES string of the molecule is COC(=O)c1ccc(N2NC(=O)CC2=O)cc1. The molecule has 1 heterocycles. The predicted molar refractivity (Wildman–Crippen MR) is 58.0 cm³/mol. The van der Waals surface area contributed by atoms with E-state index in [2.05, 4.69) is 10.2 Å². The highest BCUT2D eigenvalue weighted by molar-refractivity contribution is 6.11. The minimum Gasteiger partial charge on any atom is -0.465 e. The third-order valence-electron chi connectivity index (χ3n) is 2.34. The van der Waals surface area contributed by atoms with Crippen molar-refractivity contribution >= 4 is 23.5 Å². The summed E-state index contributed by atoms with van der Waals surface area (Å²) < 4.78 is 4.55. The Labute approximate surface area is 97.1 Å². The lowest BCUT2D eigenvalue weighted by atomic mass is 10.2. The summed E-state index contributed by atoms with van der Waals surface area (Å²) in [6.45, 7) is 0. The van der Waals surface area contributed by atoms with Crippen LogP contribution in [0, 0.1) is 0 Å². The van der Waals surface area contributed by atoms with E-state index in [-0.39, 0.29) is 18.2 Å². The third kappa shape index (κ3) is 2.10. The van der Waals surface area contributed by atoms with Crippen LogP contribution in [0.15, 0.2) is 24.3 Å². The molecule has 1 saturated heterocycles. The standard InChI is InChI=1S/C11H10N2O4/c1-17-11(16)7-2-4-8(5-3-7)13-10(15)6-9(14)12-13/h2-5H,6H2,1H3,(H,12,14). The van der Waals surface area contributed by atoms with Gasteiger partial charge in [-0.05, 0) is 24.3 Å². The van der Waals surface area contributed by atoms with Crippen LogP contribution in [-0.2, 0) is 14.3 Å². The highest BCUT2D eigenvalue weighted by Crippen LogP contribution is 2.17. The number of nitrogens with zero attached hydrogens (tertiary/aromatic N) is 1. The number of esters is 1. The summed E-state index contributed by atoms with van der Waals surface area (Å²) in [5, 5.41) is 1.16. The van der Waals surface area contributed by atoms with E-state index in [4.69, 9.17) is 0 Å². The van der Waals surface area contributed by atoms with Crippen molar-refractivity contribution in [3.63, 3.8) is 0 Å². The molecular weight excluding hydrogens is 224 g/mol. The first-order valence-electron chi connectivity index (χ1n) is 4.92. The van der Waals surface area contributed by atoms with E-state index in [0.29, 0.717) is 11.3 Å². The van der Waals surface area contributed by atoms with E-state index >= 15 is 0 Å². The van der Waals surface area contributed by atoms with Gasteiger partial charge in [-0.3, -0.25) is 15.0 Å². The number of benzene rings is 1. The lowest BCUT2D eigenvalue weighted by Crippen LogP contribution is -2.35. The molecule has 6 heteroatoms. The molecule has 0 unspecified atom stereocenters. The highest BCUT2D eigenvalue weighted by Gasteiger charge is 2.28. The Morgan fingerprint density at radius 1 is 1.29 bits per heavy atom. The zero-order valence-electron chi connectivity index (χ0n) is 9.10. The van der Waals surface area contributed by atoms with Gasteiger partial charge in [0, 0.05) is 0 Å². The van der Waals surface area contributed by atoms with Gasteiger partial charge < -0.3 is 4.74 Å². The molecule has 0 radical (unpaired) electrons.